The van der Waals surface area contributed by atoms with Crippen molar-refractivity contribution >= 4 is 18.3 Å². The maximum Gasteiger partial charge on any atom is 0.408 e. The monoisotopic (exact) mass is 369 g/mol. The van der Waals surface area contributed by atoms with E-state index in [4.69, 9.17) is 4.74 Å². The summed E-state index contributed by atoms with van der Waals surface area (Å²) in [7, 11) is 1.60. The zero-order valence-corrected chi connectivity index (χ0v) is 16.1. The van der Waals surface area contributed by atoms with Gasteiger partial charge in [-0.1, -0.05) is 0 Å². The van der Waals surface area contributed by atoms with Crippen molar-refractivity contribution in [2.75, 3.05) is 7.05 Å². The number of alkyl carbamates (subject to hydrolysis) is 1. The van der Waals surface area contributed by atoms with Crippen molar-refractivity contribution in [2.24, 2.45) is 0 Å². The molecule has 0 saturated heterocycles. The van der Waals surface area contributed by atoms with Gasteiger partial charge in [-0.3, -0.25) is 15.0 Å². The molecule has 26 heavy (non-hydrogen) atoms. The summed E-state index contributed by atoms with van der Waals surface area (Å²) in [5.74, 6) is -0.519. The SMILES string of the molecule is CNNC(=O)CC(C)(C)NC(=O)OC(C)(C)C.O=Cc1ccc(F)cc1. The molecular weight excluding hydrogens is 341 g/mol. The number of amides is 2. The summed E-state index contributed by atoms with van der Waals surface area (Å²) in [5, 5.41) is 2.65. The minimum Gasteiger partial charge on any atom is -0.444 e. The van der Waals surface area contributed by atoms with Crippen molar-refractivity contribution in [1.29, 1.82) is 0 Å². The van der Waals surface area contributed by atoms with Gasteiger partial charge in [0.15, 0.2) is 0 Å². The second-order valence-electron chi connectivity index (χ2n) is 7.16. The van der Waals surface area contributed by atoms with E-state index in [0.717, 1.165) is 0 Å². The van der Waals surface area contributed by atoms with Crippen LogP contribution in [0.5, 0.6) is 0 Å². The molecule has 0 aliphatic rings. The summed E-state index contributed by atoms with van der Waals surface area (Å²) in [4.78, 5) is 32.9. The molecule has 1 rings (SSSR count). The number of halogens is 1. The largest absolute Gasteiger partial charge is 0.444 e. The van der Waals surface area contributed by atoms with Crippen LogP contribution in [0, 0.1) is 5.82 Å². The Balaban J connectivity index is 0.000000577. The molecule has 8 heteroatoms. The molecule has 0 radical (unpaired) electrons. The molecule has 0 aliphatic carbocycles. The number of hydrogen-bond acceptors (Lipinski definition) is 5. The average molecular weight is 369 g/mol. The maximum atomic E-state index is 12.1. The molecule has 1 aromatic rings. The predicted octanol–water partition coefficient (Wildman–Crippen LogP) is 2.57. The number of hydrazine groups is 1. The van der Waals surface area contributed by atoms with E-state index in [-0.39, 0.29) is 18.1 Å². The first-order chi connectivity index (χ1) is 11.9. The maximum absolute atomic E-state index is 12.1. The Morgan fingerprint density at radius 2 is 1.65 bits per heavy atom. The smallest absolute Gasteiger partial charge is 0.408 e. The van der Waals surface area contributed by atoms with E-state index >= 15 is 0 Å². The van der Waals surface area contributed by atoms with Gasteiger partial charge in [0.1, 0.15) is 17.7 Å². The lowest BCUT2D eigenvalue weighted by Gasteiger charge is -2.28. The first-order valence-corrected chi connectivity index (χ1v) is 8.06. The van der Waals surface area contributed by atoms with E-state index in [2.05, 4.69) is 16.2 Å². The van der Waals surface area contributed by atoms with Gasteiger partial charge >= 0.3 is 6.09 Å². The minimum absolute atomic E-state index is 0.160. The van der Waals surface area contributed by atoms with Crippen molar-refractivity contribution in [2.45, 2.75) is 52.2 Å². The third kappa shape index (κ3) is 12.0. The highest BCUT2D eigenvalue weighted by atomic mass is 19.1. The molecule has 0 aromatic heterocycles. The summed E-state index contributed by atoms with van der Waals surface area (Å²) >= 11 is 0. The molecule has 0 spiro atoms. The van der Waals surface area contributed by atoms with Gasteiger partial charge in [-0.2, -0.15) is 0 Å². The number of aldehydes is 1. The molecule has 0 saturated carbocycles. The van der Waals surface area contributed by atoms with Crippen molar-refractivity contribution in [3.63, 3.8) is 0 Å². The van der Waals surface area contributed by atoms with Crippen LogP contribution in [0.15, 0.2) is 24.3 Å². The van der Waals surface area contributed by atoms with Gasteiger partial charge in [0.2, 0.25) is 5.91 Å². The molecule has 0 bridgehead atoms. The van der Waals surface area contributed by atoms with Gasteiger partial charge in [-0.15, -0.1) is 0 Å². The number of benzene rings is 1. The Morgan fingerprint density at radius 1 is 1.12 bits per heavy atom. The fourth-order valence-corrected chi connectivity index (χ4v) is 1.75. The number of ether oxygens (including phenoxy) is 1. The minimum atomic E-state index is -0.663. The number of nitrogens with one attached hydrogen (secondary N) is 3. The quantitative estimate of drug-likeness (QED) is 0.548. The fraction of sp³-hybridized carbons (Fsp3) is 0.500. The molecule has 0 aliphatic heterocycles. The Bertz CT molecular complexity index is 595. The Labute approximate surface area is 153 Å². The van der Waals surface area contributed by atoms with Crippen molar-refractivity contribution in [1.82, 2.24) is 16.2 Å². The van der Waals surface area contributed by atoms with E-state index in [1.165, 1.54) is 24.3 Å². The molecule has 3 N–H and O–H groups in total. The number of hydrogen-bond donors (Lipinski definition) is 3. The lowest BCUT2D eigenvalue weighted by Crippen LogP contribution is -2.49. The summed E-state index contributed by atoms with van der Waals surface area (Å²) < 4.78 is 17.2. The zero-order chi connectivity index (χ0) is 20.4. The normalized spacial score (nSPS) is 10.9. The third-order valence-corrected chi connectivity index (χ3v) is 2.71. The molecule has 0 heterocycles. The van der Waals surface area contributed by atoms with Gasteiger partial charge in [0.05, 0.1) is 6.42 Å². The molecule has 0 unspecified atom stereocenters. The topological polar surface area (TPSA) is 96.5 Å². The third-order valence-electron chi connectivity index (χ3n) is 2.71. The second-order valence-corrected chi connectivity index (χ2v) is 7.16. The zero-order valence-electron chi connectivity index (χ0n) is 16.1. The standard InChI is InChI=1S/C11H23N3O3.C7H5FO/c1-10(2,3)17-9(16)13-11(4,5)7-8(15)14-12-6;8-7-3-1-6(5-9)2-4-7/h12H,7H2,1-6H3,(H,13,16)(H,14,15);1-5H. The summed E-state index contributed by atoms with van der Waals surface area (Å²) in [6.07, 6.45) is 0.312. The van der Waals surface area contributed by atoms with Crippen molar-refractivity contribution < 1.29 is 23.5 Å². The van der Waals surface area contributed by atoms with E-state index < -0.39 is 17.2 Å². The van der Waals surface area contributed by atoms with Gasteiger partial charge in [-0.05, 0) is 58.9 Å². The van der Waals surface area contributed by atoms with Crippen LogP contribution in [0.25, 0.3) is 0 Å². The van der Waals surface area contributed by atoms with Gasteiger partial charge < -0.3 is 10.1 Å². The highest BCUT2D eigenvalue weighted by molar-refractivity contribution is 5.78. The molecule has 0 fully saturated rings. The Kier molecular flexibility index (Phi) is 9.50. The summed E-state index contributed by atoms with van der Waals surface area (Å²) in [5.41, 5.74) is 4.27. The van der Waals surface area contributed by atoms with Crippen LogP contribution in [-0.2, 0) is 9.53 Å². The highest BCUT2D eigenvalue weighted by Crippen LogP contribution is 2.11. The van der Waals surface area contributed by atoms with E-state index in [9.17, 15) is 18.8 Å². The van der Waals surface area contributed by atoms with E-state index in [1.54, 1.807) is 41.7 Å². The first-order valence-electron chi connectivity index (χ1n) is 8.06. The molecule has 7 nitrogen and oxygen atoms in total. The fourth-order valence-electron chi connectivity index (χ4n) is 1.75. The molecule has 146 valence electrons. The molecule has 0 atom stereocenters. The molecular formula is C18H28FN3O4. The predicted molar refractivity (Wildman–Crippen MR) is 97.1 cm³/mol. The summed E-state index contributed by atoms with van der Waals surface area (Å²) in [6.45, 7) is 8.87. The second kappa shape index (κ2) is 10.5. The van der Waals surface area contributed by atoms with E-state index in [0.29, 0.717) is 11.8 Å². The highest BCUT2D eigenvalue weighted by Gasteiger charge is 2.26. The first kappa shape index (κ1) is 23.5. The van der Waals surface area contributed by atoms with Crippen LogP contribution in [0.4, 0.5) is 9.18 Å². The Hall–Kier alpha value is -2.48. The average Bonchev–Trinajstić information content (AvgIpc) is 2.45. The van der Waals surface area contributed by atoms with Crippen molar-refractivity contribution in [3.05, 3.63) is 35.6 Å². The van der Waals surface area contributed by atoms with Gasteiger partial charge in [0.25, 0.3) is 0 Å². The Morgan fingerprint density at radius 3 is 2.08 bits per heavy atom. The van der Waals surface area contributed by atoms with Gasteiger partial charge in [0, 0.05) is 18.2 Å². The van der Waals surface area contributed by atoms with Crippen molar-refractivity contribution in [3.8, 4) is 0 Å². The van der Waals surface area contributed by atoms with Crippen LogP contribution >= 0.6 is 0 Å². The van der Waals surface area contributed by atoms with E-state index in [1.807, 2.05) is 0 Å². The van der Waals surface area contributed by atoms with Crippen LogP contribution in [-0.4, -0.2) is 36.5 Å². The number of carbonyl (C=O) groups excluding carboxylic acids is 3. The summed E-state index contributed by atoms with van der Waals surface area (Å²) in [6, 6.07) is 5.37. The molecule has 1 aromatic carbocycles. The van der Waals surface area contributed by atoms with Crippen LogP contribution in [0.2, 0.25) is 0 Å². The molecule has 2 amide bonds. The van der Waals surface area contributed by atoms with Crippen LogP contribution in [0.3, 0.4) is 0 Å². The van der Waals surface area contributed by atoms with Crippen LogP contribution in [0.1, 0.15) is 51.4 Å². The van der Waals surface area contributed by atoms with Gasteiger partial charge in [-0.25, -0.2) is 14.6 Å². The number of rotatable bonds is 5. The van der Waals surface area contributed by atoms with Crippen LogP contribution < -0.4 is 16.2 Å². The lowest BCUT2D eigenvalue weighted by molar-refractivity contribution is -0.123. The number of carbonyl (C=O) groups is 3. The lowest BCUT2D eigenvalue weighted by atomic mass is 10.0.